The van der Waals surface area contributed by atoms with Crippen LogP contribution >= 0.6 is 11.3 Å². The highest BCUT2D eigenvalue weighted by atomic mass is 32.1. The van der Waals surface area contributed by atoms with Crippen molar-refractivity contribution in [3.63, 3.8) is 0 Å². The second-order valence-corrected chi connectivity index (χ2v) is 8.77. The van der Waals surface area contributed by atoms with Crippen LogP contribution in [0.5, 0.6) is 0 Å². The Morgan fingerprint density at radius 1 is 0.867 bits per heavy atom. The van der Waals surface area contributed by atoms with Gasteiger partial charge in [0.1, 0.15) is 5.00 Å². The van der Waals surface area contributed by atoms with Gasteiger partial charge in [-0.15, -0.1) is 11.3 Å². The van der Waals surface area contributed by atoms with Gasteiger partial charge in [0, 0.05) is 17.5 Å². The molecular formula is C25H26N2O2S. The summed E-state index contributed by atoms with van der Waals surface area (Å²) in [6.07, 6.45) is 6.13. The lowest BCUT2D eigenvalue weighted by Crippen LogP contribution is -2.21. The average Bonchev–Trinajstić information content (AvgIpc) is 2.94. The molecule has 1 aliphatic carbocycles. The van der Waals surface area contributed by atoms with Gasteiger partial charge >= 0.3 is 0 Å². The topological polar surface area (TPSA) is 58.2 Å². The Kier molecular flexibility index (Phi) is 6.29. The molecule has 0 spiro atoms. The van der Waals surface area contributed by atoms with E-state index < -0.39 is 0 Å². The molecule has 0 aliphatic heterocycles. The molecule has 2 aromatic carbocycles. The Hall–Kier alpha value is -2.92. The number of aryl methyl sites for hydroxylation is 1. The van der Waals surface area contributed by atoms with E-state index in [4.69, 9.17) is 0 Å². The smallest absolute Gasteiger partial charge is 0.256 e. The van der Waals surface area contributed by atoms with Gasteiger partial charge in [0.2, 0.25) is 0 Å². The quantitative estimate of drug-likeness (QED) is 0.558. The van der Waals surface area contributed by atoms with Crippen LogP contribution in [0.15, 0.2) is 54.6 Å². The number of rotatable bonds is 5. The molecule has 1 aliphatic rings. The molecule has 0 saturated heterocycles. The van der Waals surface area contributed by atoms with E-state index in [2.05, 4.69) is 22.8 Å². The van der Waals surface area contributed by atoms with Gasteiger partial charge < -0.3 is 10.6 Å². The number of carbonyl (C=O) groups excluding carboxylic acids is 2. The first-order chi connectivity index (χ1) is 14.7. The molecule has 0 saturated carbocycles. The number of hydrogen-bond acceptors (Lipinski definition) is 3. The molecule has 154 valence electrons. The molecular weight excluding hydrogens is 392 g/mol. The van der Waals surface area contributed by atoms with Gasteiger partial charge in [-0.3, -0.25) is 9.59 Å². The molecule has 4 nitrogen and oxygen atoms in total. The van der Waals surface area contributed by atoms with Crippen LogP contribution in [-0.4, -0.2) is 18.9 Å². The number of anilines is 1. The molecule has 1 aromatic heterocycles. The average molecular weight is 419 g/mol. The fourth-order valence-electron chi connectivity index (χ4n) is 3.98. The van der Waals surface area contributed by atoms with Crippen LogP contribution in [0, 0.1) is 0 Å². The van der Waals surface area contributed by atoms with E-state index in [-0.39, 0.29) is 11.8 Å². The van der Waals surface area contributed by atoms with Crippen molar-refractivity contribution in [3.05, 3.63) is 87.3 Å². The van der Waals surface area contributed by atoms with Crippen molar-refractivity contribution in [2.24, 2.45) is 0 Å². The number of benzene rings is 2. The molecule has 0 bridgehead atoms. The maximum absolute atomic E-state index is 12.9. The Bertz CT molecular complexity index is 1040. The van der Waals surface area contributed by atoms with Crippen molar-refractivity contribution in [2.75, 3.05) is 12.4 Å². The number of thiophene rings is 1. The van der Waals surface area contributed by atoms with E-state index in [0.29, 0.717) is 16.1 Å². The van der Waals surface area contributed by atoms with Crippen LogP contribution in [0.2, 0.25) is 0 Å². The second kappa shape index (κ2) is 9.26. The molecule has 30 heavy (non-hydrogen) atoms. The van der Waals surface area contributed by atoms with Gasteiger partial charge in [0.25, 0.3) is 11.8 Å². The highest BCUT2D eigenvalue weighted by Crippen LogP contribution is 2.37. The lowest BCUT2D eigenvalue weighted by atomic mass is 10.0. The first-order valence-corrected chi connectivity index (χ1v) is 11.3. The van der Waals surface area contributed by atoms with Crippen molar-refractivity contribution in [3.8, 4) is 0 Å². The molecule has 0 unspecified atom stereocenters. The minimum absolute atomic E-state index is 0.122. The molecule has 5 heteroatoms. The van der Waals surface area contributed by atoms with Crippen LogP contribution in [-0.2, 0) is 19.3 Å². The first kappa shape index (κ1) is 20.4. The summed E-state index contributed by atoms with van der Waals surface area (Å²) in [7, 11) is 1.64. The third kappa shape index (κ3) is 4.46. The largest absolute Gasteiger partial charge is 0.355 e. The van der Waals surface area contributed by atoms with Crippen LogP contribution in [0.3, 0.4) is 0 Å². The van der Waals surface area contributed by atoms with Crippen LogP contribution < -0.4 is 10.6 Å². The summed E-state index contributed by atoms with van der Waals surface area (Å²) < 4.78 is 0. The maximum Gasteiger partial charge on any atom is 0.256 e. The van der Waals surface area contributed by atoms with Crippen LogP contribution in [0.1, 0.15) is 61.5 Å². The summed E-state index contributed by atoms with van der Waals surface area (Å²) in [6.45, 7) is 0. The lowest BCUT2D eigenvalue weighted by Gasteiger charge is -2.09. The van der Waals surface area contributed by atoms with E-state index in [1.165, 1.54) is 16.9 Å². The fraction of sp³-hybridized carbons (Fsp3) is 0.280. The Morgan fingerprint density at radius 3 is 2.30 bits per heavy atom. The van der Waals surface area contributed by atoms with E-state index in [1.807, 2.05) is 42.5 Å². The third-order valence-corrected chi connectivity index (χ3v) is 6.78. The summed E-state index contributed by atoms with van der Waals surface area (Å²) >= 11 is 1.55. The van der Waals surface area contributed by atoms with E-state index in [9.17, 15) is 9.59 Å². The highest BCUT2D eigenvalue weighted by molar-refractivity contribution is 7.17. The zero-order chi connectivity index (χ0) is 20.9. The minimum Gasteiger partial charge on any atom is -0.355 e. The van der Waals surface area contributed by atoms with E-state index in [1.54, 1.807) is 18.4 Å². The van der Waals surface area contributed by atoms with Gasteiger partial charge in [-0.2, -0.15) is 0 Å². The maximum atomic E-state index is 12.9. The normalized spacial score (nSPS) is 13.2. The molecule has 3 aromatic rings. The summed E-state index contributed by atoms with van der Waals surface area (Å²) in [5.41, 5.74) is 4.76. The number of nitrogens with one attached hydrogen (secondary N) is 2. The molecule has 2 N–H and O–H groups in total. The van der Waals surface area contributed by atoms with Gasteiger partial charge in [-0.1, -0.05) is 48.9 Å². The van der Waals surface area contributed by atoms with Crippen molar-refractivity contribution in [1.29, 1.82) is 0 Å². The summed E-state index contributed by atoms with van der Waals surface area (Å²) in [5, 5.41) is 6.41. The summed E-state index contributed by atoms with van der Waals surface area (Å²) in [6, 6.07) is 18.0. The zero-order valence-electron chi connectivity index (χ0n) is 17.2. The fourth-order valence-corrected chi connectivity index (χ4v) is 5.26. The predicted molar refractivity (Wildman–Crippen MR) is 123 cm³/mol. The summed E-state index contributed by atoms with van der Waals surface area (Å²) in [4.78, 5) is 26.7. The second-order valence-electron chi connectivity index (χ2n) is 7.66. The standard InChI is InChI=1S/C25H26N2O2S/c1-26-24(29)22-20-10-6-3-7-11-21(20)30-25(22)27-23(28)19-14-12-18(13-15-19)16-17-8-4-2-5-9-17/h2,4-5,8-9,12-15H,3,6-7,10-11,16H2,1H3,(H,26,29)(H,27,28). The van der Waals surface area contributed by atoms with Crippen molar-refractivity contribution in [1.82, 2.24) is 5.32 Å². The number of carbonyl (C=O) groups is 2. The Balaban J connectivity index is 1.53. The van der Waals surface area contributed by atoms with Gasteiger partial charge in [-0.05, 0) is 60.9 Å². The van der Waals surface area contributed by atoms with Crippen molar-refractivity contribution >= 4 is 28.2 Å². The molecule has 0 atom stereocenters. The third-order valence-electron chi connectivity index (χ3n) is 5.57. The number of amides is 2. The lowest BCUT2D eigenvalue weighted by molar-refractivity contribution is 0.0963. The van der Waals surface area contributed by atoms with Gasteiger partial charge in [-0.25, -0.2) is 0 Å². The molecule has 0 fully saturated rings. The highest BCUT2D eigenvalue weighted by Gasteiger charge is 2.25. The Labute approximate surface area is 181 Å². The van der Waals surface area contributed by atoms with Crippen LogP contribution in [0.4, 0.5) is 5.00 Å². The van der Waals surface area contributed by atoms with E-state index >= 15 is 0 Å². The zero-order valence-corrected chi connectivity index (χ0v) is 18.0. The Morgan fingerprint density at radius 2 is 1.57 bits per heavy atom. The molecule has 1 heterocycles. The number of fused-ring (bicyclic) bond motifs is 1. The monoisotopic (exact) mass is 418 g/mol. The van der Waals surface area contributed by atoms with Gasteiger partial charge in [0.15, 0.2) is 0 Å². The van der Waals surface area contributed by atoms with Crippen molar-refractivity contribution < 1.29 is 9.59 Å². The van der Waals surface area contributed by atoms with Crippen molar-refractivity contribution in [2.45, 2.75) is 38.5 Å². The molecule has 0 radical (unpaired) electrons. The summed E-state index contributed by atoms with van der Waals surface area (Å²) in [5.74, 6) is -0.300. The van der Waals surface area contributed by atoms with E-state index in [0.717, 1.165) is 43.2 Å². The SMILES string of the molecule is CNC(=O)c1c(NC(=O)c2ccc(Cc3ccccc3)cc2)sc2c1CCCCC2. The predicted octanol–water partition coefficient (Wildman–Crippen LogP) is 5.22. The minimum atomic E-state index is -0.178. The van der Waals surface area contributed by atoms with Crippen LogP contribution in [0.25, 0.3) is 0 Å². The first-order valence-electron chi connectivity index (χ1n) is 10.5. The molecule has 2 amide bonds. The van der Waals surface area contributed by atoms with Gasteiger partial charge in [0.05, 0.1) is 5.56 Å². The molecule has 4 rings (SSSR count). The number of hydrogen-bond donors (Lipinski definition) is 2.